The van der Waals surface area contributed by atoms with E-state index in [2.05, 4.69) is 37.9 Å². The summed E-state index contributed by atoms with van der Waals surface area (Å²) in [6.45, 7) is 11.1. The second kappa shape index (κ2) is 6.71. The van der Waals surface area contributed by atoms with Gasteiger partial charge in [0.05, 0.1) is 5.75 Å². The maximum absolute atomic E-state index is 11.1. The molecule has 17 heavy (non-hydrogen) atoms. The molecule has 0 saturated carbocycles. The predicted octanol–water partition coefficient (Wildman–Crippen LogP) is 0.987. The zero-order chi connectivity index (χ0) is 13.7. The molecular weight excluding hydrogens is 236 g/mol. The van der Waals surface area contributed by atoms with Crippen LogP contribution < -0.4 is 5.32 Å². The Labute approximate surface area is 107 Å². The van der Waals surface area contributed by atoms with Gasteiger partial charge in [-0.25, -0.2) is 8.42 Å². The van der Waals surface area contributed by atoms with Gasteiger partial charge in [-0.15, -0.1) is 0 Å². The van der Waals surface area contributed by atoms with Crippen molar-refractivity contribution in [1.82, 2.24) is 10.2 Å². The molecule has 4 nitrogen and oxygen atoms in total. The molecule has 0 bridgehead atoms. The summed E-state index contributed by atoms with van der Waals surface area (Å²) in [4.78, 5) is 2.09. The van der Waals surface area contributed by atoms with E-state index in [1.165, 1.54) is 6.26 Å². The molecule has 0 saturated heterocycles. The Morgan fingerprint density at radius 2 is 1.88 bits per heavy atom. The zero-order valence-corrected chi connectivity index (χ0v) is 12.9. The van der Waals surface area contributed by atoms with Crippen LogP contribution in [0.1, 0.15) is 27.7 Å². The normalized spacial score (nSPS) is 15.2. The third kappa shape index (κ3) is 7.73. The number of sulfone groups is 1. The highest BCUT2D eigenvalue weighted by Gasteiger charge is 2.26. The number of rotatable bonds is 8. The molecular formula is C12H28N2O2S. The molecule has 0 aliphatic rings. The summed E-state index contributed by atoms with van der Waals surface area (Å²) < 4.78 is 22.2. The fourth-order valence-electron chi connectivity index (χ4n) is 1.82. The second-order valence-electron chi connectivity index (χ2n) is 5.64. The monoisotopic (exact) mass is 264 g/mol. The van der Waals surface area contributed by atoms with Crippen LogP contribution in [0.15, 0.2) is 0 Å². The third-order valence-electron chi connectivity index (χ3n) is 3.20. The van der Waals surface area contributed by atoms with Crippen LogP contribution in [0.25, 0.3) is 0 Å². The van der Waals surface area contributed by atoms with Crippen molar-refractivity contribution < 1.29 is 8.42 Å². The van der Waals surface area contributed by atoms with Gasteiger partial charge in [0.1, 0.15) is 9.84 Å². The van der Waals surface area contributed by atoms with Gasteiger partial charge in [-0.2, -0.15) is 0 Å². The van der Waals surface area contributed by atoms with Crippen LogP contribution in [0.5, 0.6) is 0 Å². The first-order valence-electron chi connectivity index (χ1n) is 6.18. The SMILES string of the molecule is CCNC(C)C(C)(C)CN(C)CCS(C)(=O)=O. The maximum Gasteiger partial charge on any atom is 0.148 e. The lowest BCUT2D eigenvalue weighted by Crippen LogP contribution is -2.46. The van der Waals surface area contributed by atoms with Crippen molar-refractivity contribution in [3.8, 4) is 0 Å². The summed E-state index contributed by atoms with van der Waals surface area (Å²) in [5, 5.41) is 3.42. The Bertz CT molecular complexity index is 312. The van der Waals surface area contributed by atoms with Crippen molar-refractivity contribution in [2.45, 2.75) is 33.7 Å². The van der Waals surface area contributed by atoms with E-state index < -0.39 is 9.84 Å². The first kappa shape index (κ1) is 16.9. The number of hydrogen-bond acceptors (Lipinski definition) is 4. The summed E-state index contributed by atoms with van der Waals surface area (Å²) in [5.74, 6) is 0.231. The summed E-state index contributed by atoms with van der Waals surface area (Å²) in [7, 11) is -0.885. The van der Waals surface area contributed by atoms with E-state index >= 15 is 0 Å². The Morgan fingerprint density at radius 3 is 2.29 bits per heavy atom. The average Bonchev–Trinajstić information content (AvgIpc) is 2.13. The number of hydrogen-bond donors (Lipinski definition) is 1. The molecule has 0 aliphatic carbocycles. The summed E-state index contributed by atoms with van der Waals surface area (Å²) in [6.07, 6.45) is 1.28. The third-order valence-corrected chi connectivity index (χ3v) is 4.13. The van der Waals surface area contributed by atoms with Crippen LogP contribution in [0, 0.1) is 5.41 Å². The van der Waals surface area contributed by atoms with E-state index in [1.807, 2.05) is 7.05 Å². The van der Waals surface area contributed by atoms with Crippen LogP contribution >= 0.6 is 0 Å². The highest BCUT2D eigenvalue weighted by molar-refractivity contribution is 7.90. The maximum atomic E-state index is 11.1. The highest BCUT2D eigenvalue weighted by atomic mass is 32.2. The summed E-state index contributed by atoms with van der Waals surface area (Å²) in [6, 6.07) is 0.410. The molecule has 0 aromatic heterocycles. The largest absolute Gasteiger partial charge is 0.314 e. The van der Waals surface area contributed by atoms with Crippen molar-refractivity contribution in [3.63, 3.8) is 0 Å². The van der Waals surface area contributed by atoms with Crippen LogP contribution in [-0.4, -0.2) is 58.1 Å². The molecule has 1 unspecified atom stereocenters. The summed E-state index contributed by atoms with van der Waals surface area (Å²) in [5.41, 5.74) is 0.127. The lowest BCUT2D eigenvalue weighted by molar-refractivity contribution is 0.171. The Hall–Kier alpha value is -0.130. The fourth-order valence-corrected chi connectivity index (χ4v) is 2.46. The summed E-state index contributed by atoms with van der Waals surface area (Å²) >= 11 is 0. The van der Waals surface area contributed by atoms with Gasteiger partial charge in [0.2, 0.25) is 0 Å². The fraction of sp³-hybridized carbons (Fsp3) is 1.00. The van der Waals surface area contributed by atoms with Crippen LogP contribution in [0.3, 0.4) is 0 Å². The minimum Gasteiger partial charge on any atom is -0.314 e. The van der Waals surface area contributed by atoms with E-state index in [9.17, 15) is 8.42 Å². The first-order valence-corrected chi connectivity index (χ1v) is 8.24. The van der Waals surface area contributed by atoms with Gasteiger partial charge in [0, 0.05) is 25.4 Å². The van der Waals surface area contributed by atoms with Crippen molar-refractivity contribution in [2.75, 3.05) is 38.7 Å². The van der Waals surface area contributed by atoms with E-state index in [4.69, 9.17) is 0 Å². The highest BCUT2D eigenvalue weighted by Crippen LogP contribution is 2.21. The molecule has 1 atom stereocenters. The molecule has 0 heterocycles. The van der Waals surface area contributed by atoms with Crippen LogP contribution in [0.4, 0.5) is 0 Å². The molecule has 5 heteroatoms. The zero-order valence-electron chi connectivity index (χ0n) is 12.1. The van der Waals surface area contributed by atoms with Crippen LogP contribution in [-0.2, 0) is 9.84 Å². The number of nitrogens with one attached hydrogen (secondary N) is 1. The molecule has 0 fully saturated rings. The van der Waals surface area contributed by atoms with Crippen molar-refractivity contribution in [3.05, 3.63) is 0 Å². The van der Waals surface area contributed by atoms with Gasteiger partial charge in [0.25, 0.3) is 0 Å². The molecule has 0 aliphatic heterocycles. The lowest BCUT2D eigenvalue weighted by atomic mass is 9.85. The van der Waals surface area contributed by atoms with Crippen LogP contribution in [0.2, 0.25) is 0 Å². The Kier molecular flexibility index (Phi) is 6.66. The van der Waals surface area contributed by atoms with Gasteiger partial charge in [-0.1, -0.05) is 20.8 Å². The van der Waals surface area contributed by atoms with E-state index in [0.717, 1.165) is 13.1 Å². The van der Waals surface area contributed by atoms with Gasteiger partial charge >= 0.3 is 0 Å². The second-order valence-corrected chi connectivity index (χ2v) is 7.90. The van der Waals surface area contributed by atoms with E-state index in [0.29, 0.717) is 12.6 Å². The van der Waals surface area contributed by atoms with Crippen molar-refractivity contribution in [2.24, 2.45) is 5.41 Å². The van der Waals surface area contributed by atoms with Crippen molar-refractivity contribution in [1.29, 1.82) is 0 Å². The predicted molar refractivity (Wildman–Crippen MR) is 74.1 cm³/mol. The van der Waals surface area contributed by atoms with Gasteiger partial charge in [-0.3, -0.25) is 0 Å². The van der Waals surface area contributed by atoms with Gasteiger partial charge in [0.15, 0.2) is 0 Å². The topological polar surface area (TPSA) is 49.4 Å². The molecule has 0 amide bonds. The molecule has 0 aromatic rings. The molecule has 0 radical (unpaired) electrons. The minimum atomic E-state index is -2.86. The number of nitrogens with zero attached hydrogens (tertiary/aromatic N) is 1. The molecule has 0 rings (SSSR count). The molecule has 1 N–H and O–H groups in total. The lowest BCUT2D eigenvalue weighted by Gasteiger charge is -2.36. The first-order chi connectivity index (χ1) is 7.58. The Balaban J connectivity index is 4.22. The standard InChI is InChI=1S/C12H28N2O2S/c1-7-13-11(2)12(3,4)10-14(5)8-9-17(6,15)16/h11,13H,7-10H2,1-6H3. The average molecular weight is 264 g/mol. The van der Waals surface area contributed by atoms with Gasteiger partial charge in [-0.05, 0) is 25.9 Å². The smallest absolute Gasteiger partial charge is 0.148 e. The molecule has 0 spiro atoms. The quantitative estimate of drug-likeness (QED) is 0.710. The van der Waals surface area contributed by atoms with Crippen molar-refractivity contribution >= 4 is 9.84 Å². The van der Waals surface area contributed by atoms with E-state index in [1.54, 1.807) is 0 Å². The van der Waals surface area contributed by atoms with E-state index in [-0.39, 0.29) is 11.2 Å². The van der Waals surface area contributed by atoms with Gasteiger partial charge < -0.3 is 10.2 Å². The Morgan fingerprint density at radius 1 is 1.35 bits per heavy atom. The molecule has 104 valence electrons. The molecule has 0 aromatic carbocycles. The minimum absolute atomic E-state index is 0.127.